The number of aromatic nitrogens is 2. The fraction of sp³-hybridized carbons (Fsp3) is 0.444. The average Bonchev–Trinajstić information content (AvgIpc) is 2.26. The Hall–Kier alpha value is -1.16. The standard InChI is InChI=1S/C9H12ClN3O/c1-7(4-10)5-11-9(14)8-2-3-12-13-6-8/h2-3,6-7H,4-5H2,1H3,(H,11,14). The van der Waals surface area contributed by atoms with Gasteiger partial charge in [0.25, 0.3) is 5.91 Å². The van der Waals surface area contributed by atoms with Gasteiger partial charge >= 0.3 is 0 Å². The van der Waals surface area contributed by atoms with Gasteiger partial charge in [-0.3, -0.25) is 4.79 Å². The fourth-order valence-corrected chi connectivity index (χ4v) is 0.958. The lowest BCUT2D eigenvalue weighted by molar-refractivity contribution is 0.0948. The Morgan fingerprint density at radius 1 is 1.64 bits per heavy atom. The summed E-state index contributed by atoms with van der Waals surface area (Å²) >= 11 is 5.61. The van der Waals surface area contributed by atoms with E-state index < -0.39 is 0 Å². The summed E-state index contributed by atoms with van der Waals surface area (Å²) in [6.07, 6.45) is 2.92. The van der Waals surface area contributed by atoms with Crippen LogP contribution in [0.1, 0.15) is 17.3 Å². The second-order valence-corrected chi connectivity index (χ2v) is 3.41. The molecule has 0 aliphatic carbocycles. The number of rotatable bonds is 4. The highest BCUT2D eigenvalue weighted by Crippen LogP contribution is 1.97. The Labute approximate surface area is 87.7 Å². The molecule has 1 unspecified atom stereocenters. The maximum Gasteiger partial charge on any atom is 0.252 e. The number of carbonyl (C=O) groups excluding carboxylic acids is 1. The van der Waals surface area contributed by atoms with E-state index in [1.165, 1.54) is 12.4 Å². The zero-order chi connectivity index (χ0) is 10.4. The van der Waals surface area contributed by atoms with E-state index in [9.17, 15) is 4.79 Å². The topological polar surface area (TPSA) is 54.9 Å². The molecule has 0 aliphatic heterocycles. The van der Waals surface area contributed by atoms with Gasteiger partial charge in [-0.15, -0.1) is 11.6 Å². The van der Waals surface area contributed by atoms with Gasteiger partial charge in [-0.05, 0) is 12.0 Å². The minimum absolute atomic E-state index is 0.142. The first-order valence-electron chi connectivity index (χ1n) is 4.35. The number of nitrogens with zero attached hydrogens (tertiary/aromatic N) is 2. The molecule has 1 rings (SSSR count). The van der Waals surface area contributed by atoms with E-state index in [-0.39, 0.29) is 11.8 Å². The van der Waals surface area contributed by atoms with Crippen molar-refractivity contribution in [2.45, 2.75) is 6.92 Å². The molecule has 1 amide bonds. The van der Waals surface area contributed by atoms with E-state index in [0.717, 1.165) is 0 Å². The highest BCUT2D eigenvalue weighted by molar-refractivity contribution is 6.18. The third-order valence-corrected chi connectivity index (χ3v) is 2.25. The highest BCUT2D eigenvalue weighted by Gasteiger charge is 2.06. The van der Waals surface area contributed by atoms with E-state index in [1.807, 2.05) is 6.92 Å². The molecule has 14 heavy (non-hydrogen) atoms. The first-order chi connectivity index (χ1) is 6.74. The summed E-state index contributed by atoms with van der Waals surface area (Å²) in [5, 5.41) is 9.96. The summed E-state index contributed by atoms with van der Waals surface area (Å²) in [4.78, 5) is 11.4. The molecule has 0 radical (unpaired) electrons. The third kappa shape index (κ3) is 3.30. The summed E-state index contributed by atoms with van der Waals surface area (Å²) in [5.74, 6) is 0.668. The van der Waals surface area contributed by atoms with Crippen molar-refractivity contribution >= 4 is 17.5 Å². The molecule has 0 fully saturated rings. The van der Waals surface area contributed by atoms with Crippen LogP contribution in [0.3, 0.4) is 0 Å². The number of hydrogen-bond acceptors (Lipinski definition) is 3. The van der Waals surface area contributed by atoms with Crippen molar-refractivity contribution in [2.24, 2.45) is 5.92 Å². The Kier molecular flexibility index (Phi) is 4.32. The lowest BCUT2D eigenvalue weighted by atomic mass is 10.2. The van der Waals surface area contributed by atoms with Gasteiger partial charge in [-0.25, -0.2) is 0 Å². The zero-order valence-electron chi connectivity index (χ0n) is 7.90. The Morgan fingerprint density at radius 2 is 2.43 bits per heavy atom. The molecule has 5 heteroatoms. The van der Waals surface area contributed by atoms with E-state index in [2.05, 4.69) is 15.5 Å². The number of amides is 1. The maximum atomic E-state index is 11.4. The Bertz CT molecular complexity index is 291. The van der Waals surface area contributed by atoms with E-state index in [1.54, 1.807) is 6.07 Å². The number of halogens is 1. The Balaban J connectivity index is 2.44. The number of alkyl halides is 1. The van der Waals surface area contributed by atoms with Crippen LogP contribution < -0.4 is 5.32 Å². The molecular weight excluding hydrogens is 202 g/mol. The van der Waals surface area contributed by atoms with Crippen molar-refractivity contribution in [3.05, 3.63) is 24.0 Å². The fourth-order valence-electron chi connectivity index (χ4n) is 0.849. The lowest BCUT2D eigenvalue weighted by Crippen LogP contribution is -2.28. The molecule has 1 atom stereocenters. The first-order valence-corrected chi connectivity index (χ1v) is 4.88. The van der Waals surface area contributed by atoms with Crippen molar-refractivity contribution in [2.75, 3.05) is 12.4 Å². The van der Waals surface area contributed by atoms with Gasteiger partial charge < -0.3 is 5.32 Å². The van der Waals surface area contributed by atoms with Crippen LogP contribution in [0.25, 0.3) is 0 Å². The van der Waals surface area contributed by atoms with Gasteiger partial charge in [0, 0.05) is 12.4 Å². The summed E-state index contributed by atoms with van der Waals surface area (Å²) in [6.45, 7) is 2.54. The molecule has 0 saturated carbocycles. The molecule has 0 spiro atoms. The van der Waals surface area contributed by atoms with Crippen molar-refractivity contribution in [3.8, 4) is 0 Å². The first kappa shape index (κ1) is 10.9. The average molecular weight is 214 g/mol. The summed E-state index contributed by atoms with van der Waals surface area (Å²) in [5.41, 5.74) is 0.516. The van der Waals surface area contributed by atoms with Crippen molar-refractivity contribution in [3.63, 3.8) is 0 Å². The predicted molar refractivity (Wildman–Crippen MR) is 54.2 cm³/mol. The molecule has 1 heterocycles. The second-order valence-electron chi connectivity index (χ2n) is 3.10. The predicted octanol–water partition coefficient (Wildman–Crippen LogP) is 1.08. The molecule has 1 aromatic heterocycles. The quantitative estimate of drug-likeness (QED) is 0.762. The second kappa shape index (κ2) is 5.54. The van der Waals surface area contributed by atoms with Gasteiger partial charge in [0.15, 0.2) is 0 Å². The van der Waals surface area contributed by atoms with Crippen LogP contribution >= 0.6 is 11.6 Å². The van der Waals surface area contributed by atoms with Crippen LogP contribution in [0.15, 0.2) is 18.5 Å². The minimum Gasteiger partial charge on any atom is -0.352 e. The van der Waals surface area contributed by atoms with Crippen LogP contribution in [0.2, 0.25) is 0 Å². The van der Waals surface area contributed by atoms with Gasteiger partial charge in [-0.1, -0.05) is 6.92 Å². The lowest BCUT2D eigenvalue weighted by Gasteiger charge is -2.08. The van der Waals surface area contributed by atoms with Crippen LogP contribution in [0, 0.1) is 5.92 Å². The SMILES string of the molecule is CC(CCl)CNC(=O)c1ccnnc1. The molecule has 0 aliphatic rings. The molecule has 1 aromatic rings. The van der Waals surface area contributed by atoms with Crippen molar-refractivity contribution in [1.82, 2.24) is 15.5 Å². The molecule has 76 valence electrons. The number of nitrogens with one attached hydrogen (secondary N) is 1. The van der Waals surface area contributed by atoms with Gasteiger partial charge in [0.1, 0.15) is 0 Å². The molecule has 0 bridgehead atoms. The molecular formula is C9H12ClN3O. The van der Waals surface area contributed by atoms with E-state index in [0.29, 0.717) is 18.0 Å². The molecule has 0 saturated heterocycles. The third-order valence-electron chi connectivity index (χ3n) is 1.72. The Morgan fingerprint density at radius 3 is 3.00 bits per heavy atom. The summed E-state index contributed by atoms with van der Waals surface area (Å²) < 4.78 is 0. The number of hydrogen-bond donors (Lipinski definition) is 1. The van der Waals surface area contributed by atoms with Gasteiger partial charge in [-0.2, -0.15) is 10.2 Å². The minimum atomic E-state index is -0.142. The molecule has 0 aromatic carbocycles. The van der Waals surface area contributed by atoms with E-state index in [4.69, 9.17) is 11.6 Å². The van der Waals surface area contributed by atoms with Gasteiger partial charge in [0.05, 0.1) is 18.0 Å². The van der Waals surface area contributed by atoms with Crippen LogP contribution in [0.5, 0.6) is 0 Å². The summed E-state index contributed by atoms with van der Waals surface area (Å²) in [6, 6.07) is 1.62. The molecule has 4 nitrogen and oxygen atoms in total. The maximum absolute atomic E-state index is 11.4. The van der Waals surface area contributed by atoms with E-state index >= 15 is 0 Å². The monoisotopic (exact) mass is 213 g/mol. The smallest absolute Gasteiger partial charge is 0.252 e. The highest BCUT2D eigenvalue weighted by atomic mass is 35.5. The largest absolute Gasteiger partial charge is 0.352 e. The summed E-state index contributed by atoms with van der Waals surface area (Å²) in [7, 11) is 0. The van der Waals surface area contributed by atoms with Gasteiger partial charge in [0.2, 0.25) is 0 Å². The normalized spacial score (nSPS) is 12.1. The molecule has 1 N–H and O–H groups in total. The van der Waals surface area contributed by atoms with Crippen LogP contribution in [-0.4, -0.2) is 28.5 Å². The van der Waals surface area contributed by atoms with Crippen molar-refractivity contribution < 1.29 is 4.79 Å². The van der Waals surface area contributed by atoms with Crippen LogP contribution in [0.4, 0.5) is 0 Å². The van der Waals surface area contributed by atoms with Crippen molar-refractivity contribution in [1.29, 1.82) is 0 Å². The zero-order valence-corrected chi connectivity index (χ0v) is 8.66. The van der Waals surface area contributed by atoms with Crippen LogP contribution in [-0.2, 0) is 0 Å². The number of carbonyl (C=O) groups is 1.